The molecule has 2 atom stereocenters. The van der Waals surface area contributed by atoms with Crippen molar-refractivity contribution in [3.63, 3.8) is 0 Å². The molecule has 124 valence electrons. The summed E-state index contributed by atoms with van der Waals surface area (Å²) in [4.78, 5) is 26.3. The molecular formula is C17H21ClN2O3. The van der Waals surface area contributed by atoms with Crippen LogP contribution in [0.1, 0.15) is 42.6 Å². The minimum absolute atomic E-state index is 0.0966. The molecule has 1 fully saturated rings. The predicted octanol–water partition coefficient (Wildman–Crippen LogP) is 3.03. The van der Waals surface area contributed by atoms with Crippen molar-refractivity contribution in [2.24, 2.45) is 5.92 Å². The van der Waals surface area contributed by atoms with Gasteiger partial charge in [-0.1, -0.05) is 17.7 Å². The number of benzene rings is 1. The quantitative estimate of drug-likeness (QED) is 0.792. The highest BCUT2D eigenvalue weighted by Crippen LogP contribution is 2.37. The van der Waals surface area contributed by atoms with E-state index in [1.807, 2.05) is 26.8 Å². The lowest BCUT2D eigenvalue weighted by molar-refractivity contribution is 0.0287. The van der Waals surface area contributed by atoms with Crippen LogP contribution < -0.4 is 5.32 Å². The monoisotopic (exact) mass is 336 g/mol. The summed E-state index contributed by atoms with van der Waals surface area (Å²) in [5.74, 6) is 0.211. The van der Waals surface area contributed by atoms with Crippen molar-refractivity contribution in [3.05, 3.63) is 34.3 Å². The van der Waals surface area contributed by atoms with Crippen LogP contribution in [0.15, 0.2) is 18.2 Å². The minimum atomic E-state index is -0.513. The molecule has 2 aliphatic rings. The molecule has 1 aromatic rings. The number of ether oxygens (including phenoxy) is 1. The molecule has 0 saturated carbocycles. The van der Waals surface area contributed by atoms with Gasteiger partial charge >= 0.3 is 6.09 Å². The number of carbonyl (C=O) groups is 2. The molecule has 0 aliphatic carbocycles. The number of halogens is 1. The van der Waals surface area contributed by atoms with Gasteiger partial charge in [-0.15, -0.1) is 0 Å². The number of hydrogen-bond acceptors (Lipinski definition) is 3. The number of nitrogens with one attached hydrogen (secondary N) is 1. The summed E-state index contributed by atoms with van der Waals surface area (Å²) in [6.45, 7) is 7.27. The molecule has 2 aliphatic heterocycles. The van der Waals surface area contributed by atoms with E-state index >= 15 is 0 Å². The normalized spacial score (nSPS) is 23.7. The fourth-order valence-corrected chi connectivity index (χ4v) is 3.45. The standard InChI is InChI=1S/C17H21ClN2O3/c1-17(2,3)23-16(22)20-8-10-7-19-15(21)13-6-11(18)4-5-12(13)14(10)9-20/h4-6,10,14H,7-9H2,1-3H3,(H,19,21)/t10-,14-/m1/s1. The first-order chi connectivity index (χ1) is 10.7. The Bertz CT molecular complexity index is 654. The fourth-order valence-electron chi connectivity index (χ4n) is 3.27. The number of likely N-dealkylation sites (tertiary alicyclic amines) is 1. The van der Waals surface area contributed by atoms with Crippen molar-refractivity contribution in [2.75, 3.05) is 19.6 Å². The molecule has 0 bridgehead atoms. The van der Waals surface area contributed by atoms with E-state index in [1.54, 1.807) is 17.0 Å². The van der Waals surface area contributed by atoms with Crippen LogP contribution in [0.3, 0.4) is 0 Å². The predicted molar refractivity (Wildman–Crippen MR) is 87.8 cm³/mol. The maximum Gasteiger partial charge on any atom is 0.410 e. The van der Waals surface area contributed by atoms with Crippen molar-refractivity contribution in [1.82, 2.24) is 10.2 Å². The van der Waals surface area contributed by atoms with E-state index in [0.29, 0.717) is 30.2 Å². The van der Waals surface area contributed by atoms with Crippen molar-refractivity contribution in [3.8, 4) is 0 Å². The Hall–Kier alpha value is -1.75. The minimum Gasteiger partial charge on any atom is -0.444 e. The van der Waals surface area contributed by atoms with Gasteiger partial charge in [0.25, 0.3) is 5.91 Å². The van der Waals surface area contributed by atoms with E-state index in [-0.39, 0.29) is 23.8 Å². The molecule has 3 rings (SSSR count). The number of amides is 2. The lowest BCUT2D eigenvalue weighted by Gasteiger charge is -2.24. The zero-order chi connectivity index (χ0) is 16.8. The summed E-state index contributed by atoms with van der Waals surface area (Å²) in [6, 6.07) is 5.40. The third-order valence-corrected chi connectivity index (χ3v) is 4.51. The molecule has 0 spiro atoms. The Kier molecular flexibility index (Phi) is 4.00. The third kappa shape index (κ3) is 3.29. The second-order valence-electron chi connectivity index (χ2n) is 7.19. The van der Waals surface area contributed by atoms with Crippen molar-refractivity contribution < 1.29 is 14.3 Å². The summed E-state index contributed by atoms with van der Waals surface area (Å²) in [7, 11) is 0. The molecule has 23 heavy (non-hydrogen) atoms. The second kappa shape index (κ2) is 5.71. The van der Waals surface area contributed by atoms with E-state index in [4.69, 9.17) is 16.3 Å². The number of fused-ring (bicyclic) bond motifs is 3. The lowest BCUT2D eigenvalue weighted by Crippen LogP contribution is -2.36. The highest BCUT2D eigenvalue weighted by atomic mass is 35.5. The topological polar surface area (TPSA) is 58.6 Å². The van der Waals surface area contributed by atoms with Gasteiger partial charge in [0.2, 0.25) is 0 Å². The first kappa shape index (κ1) is 16.1. The largest absolute Gasteiger partial charge is 0.444 e. The first-order valence-electron chi connectivity index (χ1n) is 7.80. The van der Waals surface area contributed by atoms with Gasteiger partial charge in [-0.05, 0) is 38.5 Å². The van der Waals surface area contributed by atoms with Crippen molar-refractivity contribution in [1.29, 1.82) is 0 Å². The highest BCUT2D eigenvalue weighted by Gasteiger charge is 2.41. The highest BCUT2D eigenvalue weighted by molar-refractivity contribution is 6.31. The summed E-state index contributed by atoms with van der Waals surface area (Å²) in [5.41, 5.74) is 1.05. The Labute approximate surface area is 140 Å². The van der Waals surface area contributed by atoms with E-state index in [0.717, 1.165) is 5.56 Å². The Balaban J connectivity index is 1.86. The molecule has 2 amide bonds. The smallest absolute Gasteiger partial charge is 0.410 e. The number of nitrogens with zero attached hydrogens (tertiary/aromatic N) is 1. The SMILES string of the molecule is CC(C)(C)OC(=O)N1C[C@H]2CNC(=O)c3cc(Cl)ccc3[C@@H]2C1. The van der Waals surface area contributed by atoms with Gasteiger partial charge in [-0.3, -0.25) is 4.79 Å². The maximum atomic E-state index is 12.3. The van der Waals surface area contributed by atoms with E-state index < -0.39 is 5.60 Å². The lowest BCUT2D eigenvalue weighted by atomic mass is 9.87. The third-order valence-electron chi connectivity index (χ3n) is 4.28. The van der Waals surface area contributed by atoms with Crippen LogP contribution in [0.5, 0.6) is 0 Å². The first-order valence-corrected chi connectivity index (χ1v) is 8.18. The van der Waals surface area contributed by atoms with Gasteiger partial charge < -0.3 is 15.0 Å². The van der Waals surface area contributed by atoms with Gasteiger partial charge in [0.05, 0.1) is 0 Å². The zero-order valence-corrected chi connectivity index (χ0v) is 14.3. The second-order valence-corrected chi connectivity index (χ2v) is 7.63. The molecule has 5 nitrogen and oxygen atoms in total. The molecule has 0 unspecified atom stereocenters. The van der Waals surface area contributed by atoms with E-state index in [9.17, 15) is 9.59 Å². The Morgan fingerprint density at radius 3 is 2.78 bits per heavy atom. The van der Waals surface area contributed by atoms with Crippen LogP contribution in [0.2, 0.25) is 5.02 Å². The van der Waals surface area contributed by atoms with Gasteiger partial charge in [-0.25, -0.2) is 4.79 Å². The van der Waals surface area contributed by atoms with Gasteiger partial charge in [0, 0.05) is 42.1 Å². The van der Waals surface area contributed by atoms with Crippen molar-refractivity contribution in [2.45, 2.75) is 32.3 Å². The van der Waals surface area contributed by atoms with E-state index in [1.165, 1.54) is 0 Å². The Morgan fingerprint density at radius 1 is 1.35 bits per heavy atom. The number of hydrogen-bond donors (Lipinski definition) is 1. The van der Waals surface area contributed by atoms with Crippen molar-refractivity contribution >= 4 is 23.6 Å². The van der Waals surface area contributed by atoms with Crippen LogP contribution in [0.25, 0.3) is 0 Å². The van der Waals surface area contributed by atoms with Gasteiger partial charge in [0.15, 0.2) is 0 Å². The van der Waals surface area contributed by atoms with Crippen LogP contribution in [0, 0.1) is 5.92 Å². The molecule has 6 heteroatoms. The Morgan fingerprint density at radius 2 is 2.09 bits per heavy atom. The van der Waals surface area contributed by atoms with Crippen LogP contribution >= 0.6 is 11.6 Å². The zero-order valence-electron chi connectivity index (χ0n) is 13.6. The average Bonchev–Trinajstić information content (AvgIpc) is 2.82. The summed E-state index contributed by atoms with van der Waals surface area (Å²) < 4.78 is 5.47. The summed E-state index contributed by atoms with van der Waals surface area (Å²) in [5, 5.41) is 3.47. The molecule has 2 heterocycles. The molecular weight excluding hydrogens is 316 g/mol. The molecule has 1 saturated heterocycles. The molecule has 0 radical (unpaired) electrons. The van der Waals surface area contributed by atoms with Crippen LogP contribution in [0.4, 0.5) is 4.79 Å². The molecule has 1 N–H and O–H groups in total. The number of rotatable bonds is 0. The van der Waals surface area contributed by atoms with Crippen LogP contribution in [-0.2, 0) is 4.74 Å². The molecule has 1 aromatic carbocycles. The maximum absolute atomic E-state index is 12.3. The summed E-state index contributed by atoms with van der Waals surface area (Å²) >= 11 is 6.03. The van der Waals surface area contributed by atoms with E-state index in [2.05, 4.69) is 5.32 Å². The summed E-state index contributed by atoms with van der Waals surface area (Å²) in [6.07, 6.45) is -0.299. The van der Waals surface area contributed by atoms with Crippen LogP contribution in [-0.4, -0.2) is 42.1 Å². The number of carbonyl (C=O) groups excluding carboxylic acids is 2. The molecule has 0 aromatic heterocycles. The fraction of sp³-hybridized carbons (Fsp3) is 0.529. The van der Waals surface area contributed by atoms with Gasteiger partial charge in [-0.2, -0.15) is 0 Å². The van der Waals surface area contributed by atoms with Gasteiger partial charge in [0.1, 0.15) is 5.60 Å². The average molecular weight is 337 g/mol.